The SMILES string of the molecule is CCC(C)(C)C(=O)OCOC(=O)N(CC(=O)Nc1cc(N(C)C)c2c(c1O)C(=O)C1=C(O)[C@]3(O)C(=O)C(C(N)=O)=C(O)[C@@H](N(C)C)[C@@H]3C[C@@H]1C2)C(C)(C)C. The van der Waals surface area contributed by atoms with Crippen LogP contribution < -0.4 is 16.0 Å². The van der Waals surface area contributed by atoms with Crippen molar-refractivity contribution in [1.29, 1.82) is 0 Å². The average molecular weight is 758 g/mol. The van der Waals surface area contributed by atoms with Crippen LogP contribution in [0.5, 0.6) is 5.75 Å². The van der Waals surface area contributed by atoms with Crippen LogP contribution in [-0.2, 0) is 35.1 Å². The molecule has 3 aliphatic rings. The topological polar surface area (TPSA) is 250 Å². The molecular weight excluding hydrogens is 706 g/mol. The molecule has 17 heteroatoms. The van der Waals surface area contributed by atoms with E-state index in [0.29, 0.717) is 17.7 Å². The molecule has 0 aromatic heterocycles. The Balaban J connectivity index is 1.70. The summed E-state index contributed by atoms with van der Waals surface area (Å²) in [5.41, 5.74) is -0.195. The largest absolute Gasteiger partial charge is 0.510 e. The number of hydrogen-bond acceptors (Lipinski definition) is 14. The Morgan fingerprint density at radius 1 is 1.02 bits per heavy atom. The van der Waals surface area contributed by atoms with Gasteiger partial charge in [-0.25, -0.2) is 4.79 Å². The first-order chi connectivity index (χ1) is 24.8. The van der Waals surface area contributed by atoms with E-state index >= 15 is 0 Å². The zero-order valence-electron chi connectivity index (χ0n) is 32.3. The number of carbonyl (C=O) groups is 6. The zero-order valence-corrected chi connectivity index (χ0v) is 32.3. The van der Waals surface area contributed by atoms with Gasteiger partial charge in [-0.15, -0.1) is 0 Å². The van der Waals surface area contributed by atoms with E-state index in [9.17, 15) is 49.2 Å². The summed E-state index contributed by atoms with van der Waals surface area (Å²) in [6.07, 6.45) is -0.527. The van der Waals surface area contributed by atoms with Gasteiger partial charge < -0.3 is 45.9 Å². The number of fused-ring (bicyclic) bond motifs is 3. The van der Waals surface area contributed by atoms with E-state index in [1.807, 2.05) is 6.92 Å². The molecule has 0 heterocycles. The Bertz CT molecular complexity index is 1860. The van der Waals surface area contributed by atoms with Crippen molar-refractivity contribution >= 4 is 46.8 Å². The van der Waals surface area contributed by atoms with Crippen LogP contribution in [0.3, 0.4) is 0 Å². The predicted octanol–water partition coefficient (Wildman–Crippen LogP) is 2.30. The van der Waals surface area contributed by atoms with Crippen LogP contribution in [0.2, 0.25) is 0 Å². The molecule has 296 valence electrons. The summed E-state index contributed by atoms with van der Waals surface area (Å²) in [7, 11) is 6.43. The molecule has 0 fully saturated rings. The molecule has 0 saturated heterocycles. The van der Waals surface area contributed by atoms with Gasteiger partial charge in [-0.1, -0.05) is 6.92 Å². The van der Waals surface area contributed by atoms with Crippen molar-refractivity contribution in [2.45, 2.75) is 78.0 Å². The molecular formula is C37H51N5O12. The summed E-state index contributed by atoms with van der Waals surface area (Å²) in [6.45, 7) is 8.85. The lowest BCUT2D eigenvalue weighted by atomic mass is 9.58. The smallest absolute Gasteiger partial charge is 0.413 e. The number of likely N-dealkylation sites (N-methyl/N-ethyl adjacent to an activating group) is 1. The van der Waals surface area contributed by atoms with Crippen LogP contribution in [0.4, 0.5) is 16.2 Å². The summed E-state index contributed by atoms with van der Waals surface area (Å²) in [4.78, 5) is 83.3. The number of benzene rings is 1. The second kappa shape index (κ2) is 14.6. The van der Waals surface area contributed by atoms with Crippen molar-refractivity contribution in [3.63, 3.8) is 0 Å². The Morgan fingerprint density at radius 3 is 2.15 bits per heavy atom. The standard InChI is InChI=1S/C37H51N5O12/c1-11-36(5,6)33(50)53-16-54-34(51)42(35(2,3)4)15-22(43)39-20-14-21(40(7)8)18-12-17-13-19-26(41(9)10)29(46)25(32(38)49)31(48)37(19,52)30(47)23(17)28(45)24(18)27(20)44/h14,17,19,26,44,46-47,52H,11-13,15-16H2,1-10H3,(H2,38,49)(H,39,43)/t17-,19-,26-,37-/m0/s1. The summed E-state index contributed by atoms with van der Waals surface area (Å²) in [5, 5.41) is 48.6. The Labute approximate surface area is 313 Å². The van der Waals surface area contributed by atoms with Gasteiger partial charge in [-0.2, -0.15) is 0 Å². The molecule has 0 unspecified atom stereocenters. The number of hydrogen-bond donors (Lipinski definition) is 6. The van der Waals surface area contributed by atoms with E-state index in [2.05, 4.69) is 5.32 Å². The number of Topliss-reactive ketones (excluding diaryl/α,β-unsaturated/α-hetero) is 2. The molecule has 0 bridgehead atoms. The van der Waals surface area contributed by atoms with Crippen molar-refractivity contribution < 1.29 is 58.7 Å². The van der Waals surface area contributed by atoms with Gasteiger partial charge in [0.1, 0.15) is 23.6 Å². The number of allylic oxidation sites excluding steroid dienone is 1. The second-order valence-corrected chi connectivity index (χ2v) is 16.0. The quantitative estimate of drug-likeness (QED) is 0.0868. The summed E-state index contributed by atoms with van der Waals surface area (Å²) in [6, 6.07) is 0.310. The fourth-order valence-corrected chi connectivity index (χ4v) is 7.25. The predicted molar refractivity (Wildman–Crippen MR) is 195 cm³/mol. The molecule has 0 saturated carbocycles. The Hall–Kier alpha value is -5.16. The maximum Gasteiger partial charge on any atom is 0.413 e. The highest BCUT2D eigenvalue weighted by Gasteiger charge is 2.63. The third kappa shape index (κ3) is 7.09. The van der Waals surface area contributed by atoms with Gasteiger partial charge in [0.2, 0.25) is 18.5 Å². The number of phenolic OH excluding ortho intramolecular Hbond substituents is 1. The number of amides is 3. The number of nitrogens with one attached hydrogen (secondary N) is 1. The van der Waals surface area contributed by atoms with Gasteiger partial charge in [0, 0.05) is 36.8 Å². The van der Waals surface area contributed by atoms with Crippen molar-refractivity contribution in [2.75, 3.05) is 51.7 Å². The second-order valence-electron chi connectivity index (χ2n) is 16.0. The number of nitrogens with zero attached hydrogens (tertiary/aromatic N) is 3. The van der Waals surface area contributed by atoms with Crippen molar-refractivity contribution in [1.82, 2.24) is 9.80 Å². The molecule has 7 N–H and O–H groups in total. The van der Waals surface area contributed by atoms with E-state index < -0.39 is 106 Å². The molecule has 0 aliphatic heterocycles. The van der Waals surface area contributed by atoms with Crippen molar-refractivity contribution in [2.24, 2.45) is 23.0 Å². The van der Waals surface area contributed by atoms with Crippen molar-refractivity contribution in [3.8, 4) is 5.75 Å². The lowest BCUT2D eigenvalue weighted by Crippen LogP contribution is -2.63. The normalized spacial score (nSPS) is 22.6. The summed E-state index contributed by atoms with van der Waals surface area (Å²) < 4.78 is 10.3. The van der Waals surface area contributed by atoms with Gasteiger partial charge in [-0.3, -0.25) is 33.8 Å². The zero-order chi connectivity index (χ0) is 41.0. The molecule has 1 aromatic rings. The minimum absolute atomic E-state index is 0.0352. The van der Waals surface area contributed by atoms with Gasteiger partial charge >= 0.3 is 12.1 Å². The third-order valence-electron chi connectivity index (χ3n) is 10.6. The maximum absolute atomic E-state index is 14.3. The van der Waals surface area contributed by atoms with E-state index in [4.69, 9.17) is 15.2 Å². The fourth-order valence-electron chi connectivity index (χ4n) is 7.25. The number of aliphatic hydroxyl groups excluding tert-OH is 2. The number of aromatic hydroxyl groups is 1. The molecule has 54 heavy (non-hydrogen) atoms. The molecule has 1 aromatic carbocycles. The lowest BCUT2D eigenvalue weighted by Gasteiger charge is -2.50. The average Bonchev–Trinajstić information content (AvgIpc) is 3.05. The molecule has 4 rings (SSSR count). The number of aliphatic hydroxyl groups is 3. The number of anilines is 2. The first-order valence-corrected chi connectivity index (χ1v) is 17.4. The Morgan fingerprint density at radius 2 is 1.63 bits per heavy atom. The molecule has 4 atom stereocenters. The molecule has 0 spiro atoms. The molecule has 17 nitrogen and oxygen atoms in total. The van der Waals surface area contributed by atoms with Crippen LogP contribution in [-0.4, -0.2) is 124 Å². The monoisotopic (exact) mass is 757 g/mol. The summed E-state index contributed by atoms with van der Waals surface area (Å²) >= 11 is 0. The van der Waals surface area contributed by atoms with Crippen LogP contribution >= 0.6 is 0 Å². The van der Waals surface area contributed by atoms with Crippen LogP contribution in [0.1, 0.15) is 70.3 Å². The highest BCUT2D eigenvalue weighted by atomic mass is 16.7. The number of rotatable bonds is 10. The van der Waals surface area contributed by atoms with Crippen LogP contribution in [0.15, 0.2) is 28.7 Å². The van der Waals surface area contributed by atoms with E-state index in [-0.39, 0.29) is 29.7 Å². The number of esters is 1. The Kier molecular flexibility index (Phi) is 11.2. The maximum atomic E-state index is 14.3. The van der Waals surface area contributed by atoms with Gasteiger partial charge in [0.05, 0.1) is 22.7 Å². The summed E-state index contributed by atoms with van der Waals surface area (Å²) in [5.74, 6) is -9.34. The van der Waals surface area contributed by atoms with Crippen molar-refractivity contribution in [3.05, 3.63) is 39.9 Å². The van der Waals surface area contributed by atoms with E-state index in [1.54, 1.807) is 67.7 Å². The number of ketones is 2. The number of nitrogens with two attached hydrogens (primary N) is 1. The number of ether oxygens (including phenoxy) is 2. The minimum atomic E-state index is -2.81. The highest BCUT2D eigenvalue weighted by molar-refractivity contribution is 6.25. The van der Waals surface area contributed by atoms with Crippen LogP contribution in [0.25, 0.3) is 0 Å². The first-order valence-electron chi connectivity index (χ1n) is 17.4. The van der Waals surface area contributed by atoms with E-state index in [1.165, 1.54) is 11.0 Å². The molecule has 3 amide bonds. The number of carbonyl (C=O) groups excluding carboxylic acids is 6. The first kappa shape index (κ1) is 41.6. The van der Waals surface area contributed by atoms with Gasteiger partial charge in [0.15, 0.2) is 17.1 Å². The minimum Gasteiger partial charge on any atom is -0.510 e. The third-order valence-corrected chi connectivity index (χ3v) is 10.6. The number of primary amides is 1. The molecule has 0 radical (unpaired) electrons. The molecule has 3 aliphatic carbocycles. The van der Waals surface area contributed by atoms with Crippen LogP contribution in [0, 0.1) is 17.3 Å². The van der Waals surface area contributed by atoms with Gasteiger partial charge in [0.25, 0.3) is 5.91 Å². The highest BCUT2D eigenvalue weighted by Crippen LogP contribution is 2.54. The number of phenols is 1. The van der Waals surface area contributed by atoms with E-state index in [0.717, 1.165) is 4.90 Å². The fraction of sp³-hybridized carbons (Fsp3) is 0.568. The van der Waals surface area contributed by atoms with Gasteiger partial charge in [-0.05, 0) is 85.5 Å². The lowest BCUT2D eigenvalue weighted by molar-refractivity contribution is -0.163.